The molecule has 0 bridgehead atoms. The second-order valence-electron chi connectivity index (χ2n) is 4.29. The molecule has 0 amide bonds. The van der Waals surface area contributed by atoms with Crippen LogP contribution in [0.5, 0.6) is 0 Å². The third-order valence-electron chi connectivity index (χ3n) is 2.75. The number of nitrogens with one attached hydrogen (secondary N) is 1. The lowest BCUT2D eigenvalue weighted by Gasteiger charge is -2.19. The highest BCUT2D eigenvalue weighted by atomic mass is 35.5. The number of alkyl halides is 3. The molecule has 1 nitrogen and oxygen atoms in total. The third-order valence-corrected chi connectivity index (χ3v) is 3.06. The molecule has 19 heavy (non-hydrogen) atoms. The number of hydrogen-bond acceptors (Lipinski definition) is 1. The molecule has 0 fully saturated rings. The minimum absolute atomic E-state index is 0.00537. The van der Waals surface area contributed by atoms with Gasteiger partial charge in [0.1, 0.15) is 5.82 Å². The number of rotatable bonds is 6. The molecule has 1 N–H and O–H groups in total. The van der Waals surface area contributed by atoms with Crippen molar-refractivity contribution in [2.75, 3.05) is 6.54 Å². The summed E-state index contributed by atoms with van der Waals surface area (Å²) in [5, 5.41) is 3.06. The van der Waals surface area contributed by atoms with Gasteiger partial charge in [-0.2, -0.15) is 13.2 Å². The molecule has 0 aromatic heterocycles. The molecule has 0 spiro atoms. The molecule has 108 valence electrons. The second-order valence-corrected chi connectivity index (χ2v) is 4.70. The SMILES string of the molecule is CCNC(CCCC(F)(F)F)c1ccc(Cl)c(F)c1. The molecule has 1 aromatic rings. The van der Waals surface area contributed by atoms with E-state index in [1.165, 1.54) is 12.1 Å². The molecule has 1 aromatic carbocycles. The smallest absolute Gasteiger partial charge is 0.310 e. The van der Waals surface area contributed by atoms with Crippen LogP contribution in [0.2, 0.25) is 5.02 Å². The van der Waals surface area contributed by atoms with E-state index in [-0.39, 0.29) is 17.5 Å². The zero-order valence-electron chi connectivity index (χ0n) is 10.5. The lowest BCUT2D eigenvalue weighted by atomic mass is 10.0. The van der Waals surface area contributed by atoms with Crippen LogP contribution in [0.1, 0.15) is 37.8 Å². The summed E-state index contributed by atoms with van der Waals surface area (Å²) in [6, 6.07) is 4.02. The highest BCUT2D eigenvalue weighted by Gasteiger charge is 2.26. The van der Waals surface area contributed by atoms with Crippen molar-refractivity contribution in [3.05, 3.63) is 34.6 Å². The van der Waals surface area contributed by atoms with Gasteiger partial charge in [0.25, 0.3) is 0 Å². The van der Waals surface area contributed by atoms with Gasteiger partial charge in [-0.25, -0.2) is 4.39 Å². The summed E-state index contributed by atoms with van der Waals surface area (Å²) < 4.78 is 49.7. The van der Waals surface area contributed by atoms with E-state index in [0.717, 1.165) is 0 Å². The van der Waals surface area contributed by atoms with Gasteiger partial charge in [0, 0.05) is 12.5 Å². The molecule has 0 saturated carbocycles. The molecule has 0 aliphatic heterocycles. The second kappa shape index (κ2) is 7.10. The monoisotopic (exact) mass is 297 g/mol. The first kappa shape index (κ1) is 16.2. The van der Waals surface area contributed by atoms with Gasteiger partial charge in [0.2, 0.25) is 0 Å². The highest BCUT2D eigenvalue weighted by molar-refractivity contribution is 6.30. The lowest BCUT2D eigenvalue weighted by molar-refractivity contribution is -0.135. The molecular weight excluding hydrogens is 282 g/mol. The van der Waals surface area contributed by atoms with Crippen LogP contribution in [0.25, 0.3) is 0 Å². The zero-order valence-corrected chi connectivity index (χ0v) is 11.3. The van der Waals surface area contributed by atoms with Crippen LogP contribution in [0.4, 0.5) is 17.6 Å². The largest absolute Gasteiger partial charge is 0.389 e. The van der Waals surface area contributed by atoms with Crippen LogP contribution >= 0.6 is 11.6 Å². The maximum absolute atomic E-state index is 13.4. The first-order valence-electron chi connectivity index (χ1n) is 6.08. The van der Waals surface area contributed by atoms with Crippen molar-refractivity contribution in [2.24, 2.45) is 0 Å². The first-order valence-corrected chi connectivity index (χ1v) is 6.46. The van der Waals surface area contributed by atoms with Crippen LogP contribution in [0, 0.1) is 5.82 Å². The van der Waals surface area contributed by atoms with E-state index in [1.54, 1.807) is 6.07 Å². The predicted octanol–water partition coefficient (Wildman–Crippen LogP) is 4.86. The Labute approximate surface area is 115 Å². The summed E-state index contributed by atoms with van der Waals surface area (Å²) >= 11 is 5.58. The number of benzene rings is 1. The summed E-state index contributed by atoms with van der Waals surface area (Å²) in [7, 11) is 0. The van der Waals surface area contributed by atoms with E-state index in [0.29, 0.717) is 18.5 Å². The summed E-state index contributed by atoms with van der Waals surface area (Å²) in [5.74, 6) is -0.558. The van der Waals surface area contributed by atoms with Gasteiger partial charge in [-0.1, -0.05) is 24.6 Å². The van der Waals surface area contributed by atoms with Crippen molar-refractivity contribution in [3.8, 4) is 0 Å². The molecule has 1 unspecified atom stereocenters. The average molecular weight is 298 g/mol. The van der Waals surface area contributed by atoms with Crippen LogP contribution < -0.4 is 5.32 Å². The van der Waals surface area contributed by atoms with E-state index >= 15 is 0 Å². The van der Waals surface area contributed by atoms with Gasteiger partial charge in [0.15, 0.2) is 0 Å². The van der Waals surface area contributed by atoms with Crippen LogP contribution in [0.15, 0.2) is 18.2 Å². The molecule has 0 heterocycles. The van der Waals surface area contributed by atoms with Gasteiger partial charge >= 0.3 is 6.18 Å². The third kappa shape index (κ3) is 5.78. The van der Waals surface area contributed by atoms with Gasteiger partial charge in [-0.05, 0) is 37.1 Å². The maximum Gasteiger partial charge on any atom is 0.389 e. The Kier molecular flexibility index (Phi) is 6.07. The minimum atomic E-state index is -4.15. The summed E-state index contributed by atoms with van der Waals surface area (Å²) in [5.41, 5.74) is 0.617. The normalized spacial score (nSPS) is 13.6. The van der Waals surface area contributed by atoms with Crippen molar-refractivity contribution in [1.82, 2.24) is 5.32 Å². The summed E-state index contributed by atoms with van der Waals surface area (Å²) in [4.78, 5) is 0. The van der Waals surface area contributed by atoms with Gasteiger partial charge in [-0.3, -0.25) is 0 Å². The van der Waals surface area contributed by atoms with Gasteiger partial charge in [0.05, 0.1) is 5.02 Å². The fourth-order valence-corrected chi connectivity index (χ4v) is 1.99. The van der Waals surface area contributed by atoms with Crippen molar-refractivity contribution >= 4 is 11.6 Å². The minimum Gasteiger partial charge on any atom is -0.310 e. The van der Waals surface area contributed by atoms with Crippen LogP contribution in [-0.4, -0.2) is 12.7 Å². The molecule has 0 radical (unpaired) electrons. The molecule has 0 saturated heterocycles. The molecular formula is C13H16ClF4N. The molecule has 6 heteroatoms. The van der Waals surface area contributed by atoms with Crippen LogP contribution in [-0.2, 0) is 0 Å². The Morgan fingerprint density at radius 3 is 2.53 bits per heavy atom. The fraction of sp³-hybridized carbons (Fsp3) is 0.538. The quantitative estimate of drug-likeness (QED) is 0.739. The Morgan fingerprint density at radius 1 is 1.32 bits per heavy atom. The van der Waals surface area contributed by atoms with E-state index in [4.69, 9.17) is 11.6 Å². The highest BCUT2D eigenvalue weighted by Crippen LogP contribution is 2.27. The van der Waals surface area contributed by atoms with Crippen LogP contribution in [0.3, 0.4) is 0 Å². The van der Waals surface area contributed by atoms with E-state index in [9.17, 15) is 17.6 Å². The van der Waals surface area contributed by atoms with Crippen molar-refractivity contribution in [2.45, 2.75) is 38.4 Å². The van der Waals surface area contributed by atoms with E-state index in [1.807, 2.05) is 6.92 Å². The maximum atomic E-state index is 13.4. The standard InChI is InChI=1S/C13H16ClF4N/c1-2-19-12(4-3-7-13(16,17)18)9-5-6-10(14)11(15)8-9/h5-6,8,12,19H,2-4,7H2,1H3. The Morgan fingerprint density at radius 2 is 2.00 bits per heavy atom. The molecule has 1 rings (SSSR count). The Hall–Kier alpha value is -0.810. The fourth-order valence-electron chi connectivity index (χ4n) is 1.87. The summed E-state index contributed by atoms with van der Waals surface area (Å²) in [6.07, 6.45) is -4.67. The van der Waals surface area contributed by atoms with E-state index in [2.05, 4.69) is 5.32 Å². The van der Waals surface area contributed by atoms with Crippen molar-refractivity contribution < 1.29 is 17.6 Å². The van der Waals surface area contributed by atoms with E-state index < -0.39 is 18.4 Å². The average Bonchev–Trinajstić information content (AvgIpc) is 2.30. The lowest BCUT2D eigenvalue weighted by Crippen LogP contribution is -2.21. The molecule has 0 aliphatic rings. The Balaban J connectivity index is 2.68. The number of halogens is 5. The van der Waals surface area contributed by atoms with Gasteiger partial charge in [-0.15, -0.1) is 0 Å². The van der Waals surface area contributed by atoms with Crippen molar-refractivity contribution in [1.29, 1.82) is 0 Å². The topological polar surface area (TPSA) is 12.0 Å². The first-order chi connectivity index (χ1) is 8.83. The molecule has 0 aliphatic carbocycles. The van der Waals surface area contributed by atoms with Crippen molar-refractivity contribution in [3.63, 3.8) is 0 Å². The zero-order chi connectivity index (χ0) is 14.5. The van der Waals surface area contributed by atoms with Gasteiger partial charge < -0.3 is 5.32 Å². The summed E-state index contributed by atoms with van der Waals surface area (Å²) in [6.45, 7) is 2.45. The predicted molar refractivity (Wildman–Crippen MR) is 67.7 cm³/mol. The Bertz CT molecular complexity index is 406. The number of hydrogen-bond donors (Lipinski definition) is 1. The molecule has 1 atom stereocenters.